The van der Waals surface area contributed by atoms with Crippen LogP contribution in [-0.4, -0.2) is 24.5 Å². The second kappa shape index (κ2) is 12.0. The third kappa shape index (κ3) is 5.89. The summed E-state index contributed by atoms with van der Waals surface area (Å²) in [6, 6.07) is 21.2. The van der Waals surface area contributed by atoms with Gasteiger partial charge in [-0.25, -0.2) is 0 Å². The minimum atomic E-state index is -0.0637. The molecular formula is C32H32N4. The summed E-state index contributed by atoms with van der Waals surface area (Å²) in [6.45, 7) is 1.56. The van der Waals surface area contributed by atoms with Gasteiger partial charge < -0.3 is 10.6 Å². The molecule has 5 rings (SSSR count). The molecule has 0 bridgehead atoms. The zero-order chi connectivity index (χ0) is 24.4. The fourth-order valence-electron chi connectivity index (χ4n) is 4.59. The van der Waals surface area contributed by atoms with Crippen molar-refractivity contribution in [1.82, 2.24) is 10.6 Å². The van der Waals surface area contributed by atoms with Gasteiger partial charge in [0.05, 0.1) is 34.9 Å². The van der Waals surface area contributed by atoms with Gasteiger partial charge in [0.15, 0.2) is 0 Å². The molecule has 0 spiro atoms. The molecule has 0 unspecified atom stereocenters. The van der Waals surface area contributed by atoms with E-state index in [-0.39, 0.29) is 12.1 Å². The van der Waals surface area contributed by atoms with Crippen molar-refractivity contribution in [3.63, 3.8) is 0 Å². The maximum Gasteiger partial charge on any atom is 0.0805 e. The van der Waals surface area contributed by atoms with Gasteiger partial charge in [-0.05, 0) is 48.3 Å². The van der Waals surface area contributed by atoms with E-state index in [9.17, 15) is 0 Å². The molecule has 180 valence electrons. The molecule has 2 aliphatic carbocycles. The molecule has 2 N–H and O–H groups in total. The van der Waals surface area contributed by atoms with E-state index in [1.807, 2.05) is 0 Å². The fraction of sp³-hybridized carbons (Fsp3) is 0.188. The van der Waals surface area contributed by atoms with E-state index in [2.05, 4.69) is 132 Å². The molecule has 2 aromatic carbocycles. The largest absolute Gasteiger partial charge is 0.374 e. The van der Waals surface area contributed by atoms with Gasteiger partial charge in [-0.15, -0.1) is 0 Å². The summed E-state index contributed by atoms with van der Waals surface area (Å²) < 4.78 is 0. The van der Waals surface area contributed by atoms with E-state index in [0.717, 1.165) is 48.7 Å². The Kier molecular flexibility index (Phi) is 7.84. The number of fused-ring (bicyclic) bond motifs is 2. The highest BCUT2D eigenvalue weighted by molar-refractivity contribution is 6.09. The van der Waals surface area contributed by atoms with Gasteiger partial charge in [0.2, 0.25) is 0 Å². The number of aliphatic imine (C=N–C) groups is 2. The molecule has 3 aliphatic rings. The third-order valence-corrected chi connectivity index (χ3v) is 6.43. The molecule has 0 aromatic heterocycles. The van der Waals surface area contributed by atoms with Gasteiger partial charge in [-0.3, -0.25) is 9.98 Å². The van der Waals surface area contributed by atoms with Crippen LogP contribution >= 0.6 is 0 Å². The van der Waals surface area contributed by atoms with Crippen LogP contribution in [0.4, 0.5) is 0 Å². The highest BCUT2D eigenvalue weighted by Crippen LogP contribution is 2.32. The molecule has 36 heavy (non-hydrogen) atoms. The van der Waals surface area contributed by atoms with Crippen LogP contribution in [-0.2, 0) is 0 Å². The lowest BCUT2D eigenvalue weighted by Gasteiger charge is -2.33. The molecule has 0 fully saturated rings. The number of hydrogen-bond acceptors (Lipinski definition) is 4. The monoisotopic (exact) mass is 472 g/mol. The van der Waals surface area contributed by atoms with E-state index in [1.54, 1.807) is 0 Å². The lowest BCUT2D eigenvalue weighted by Crippen LogP contribution is -2.37. The summed E-state index contributed by atoms with van der Waals surface area (Å²) in [5, 5.41) is 7.78. The van der Waals surface area contributed by atoms with Crippen molar-refractivity contribution in [2.45, 2.75) is 24.9 Å². The second-order valence-corrected chi connectivity index (χ2v) is 8.96. The Bertz CT molecular complexity index is 1170. The van der Waals surface area contributed by atoms with Crippen molar-refractivity contribution in [2.24, 2.45) is 9.98 Å². The van der Waals surface area contributed by atoms with Crippen LogP contribution in [0.25, 0.3) is 0 Å². The predicted molar refractivity (Wildman–Crippen MR) is 151 cm³/mol. The van der Waals surface area contributed by atoms with Crippen LogP contribution in [0, 0.1) is 0 Å². The van der Waals surface area contributed by atoms with Crippen molar-refractivity contribution in [3.8, 4) is 0 Å². The topological polar surface area (TPSA) is 48.8 Å². The number of hydrogen-bond donors (Lipinski definition) is 2. The predicted octanol–water partition coefficient (Wildman–Crippen LogP) is 6.34. The normalized spacial score (nSPS) is 22.1. The maximum absolute atomic E-state index is 4.97. The number of nitrogens with zero attached hydrogens (tertiary/aromatic N) is 2. The molecule has 4 nitrogen and oxygen atoms in total. The van der Waals surface area contributed by atoms with E-state index >= 15 is 0 Å². The summed E-state index contributed by atoms with van der Waals surface area (Å²) in [5.74, 6) is 0. The van der Waals surface area contributed by atoms with E-state index in [4.69, 9.17) is 9.98 Å². The zero-order valence-corrected chi connectivity index (χ0v) is 20.4. The smallest absolute Gasteiger partial charge is 0.0805 e. The number of rotatable bonds is 2. The number of benzene rings is 2. The molecule has 1 heterocycles. The Morgan fingerprint density at radius 2 is 0.972 bits per heavy atom. The Labute approximate surface area is 214 Å². The quantitative estimate of drug-likeness (QED) is 0.536. The van der Waals surface area contributed by atoms with Gasteiger partial charge in [0.1, 0.15) is 0 Å². The Hall–Kier alpha value is -4.18. The van der Waals surface area contributed by atoms with Crippen molar-refractivity contribution in [3.05, 3.63) is 144 Å². The Balaban J connectivity index is 1.65. The van der Waals surface area contributed by atoms with Crippen LogP contribution in [0.2, 0.25) is 0 Å². The summed E-state index contributed by atoms with van der Waals surface area (Å²) in [5.41, 5.74) is 6.40. The SMILES string of the molecule is C1=CC=C2N[C@H](c3ccccc3)[C@@H](c3ccccc3)NC3=CC=CC=CC3=NCCCCN=C2C=C1. The van der Waals surface area contributed by atoms with Crippen LogP contribution in [0.5, 0.6) is 0 Å². The van der Waals surface area contributed by atoms with E-state index in [1.165, 1.54) is 11.1 Å². The summed E-state index contributed by atoms with van der Waals surface area (Å²) in [4.78, 5) is 9.94. The lowest BCUT2D eigenvalue weighted by molar-refractivity contribution is 0.448. The molecule has 0 saturated carbocycles. The molecule has 2 atom stereocenters. The molecule has 1 aliphatic heterocycles. The first-order chi connectivity index (χ1) is 17.9. The number of nitrogens with one attached hydrogen (secondary N) is 2. The van der Waals surface area contributed by atoms with Gasteiger partial charge >= 0.3 is 0 Å². The minimum absolute atomic E-state index is 0.0637. The van der Waals surface area contributed by atoms with E-state index in [0.29, 0.717) is 0 Å². The average molecular weight is 473 g/mol. The van der Waals surface area contributed by atoms with Crippen LogP contribution in [0.3, 0.4) is 0 Å². The van der Waals surface area contributed by atoms with E-state index < -0.39 is 0 Å². The van der Waals surface area contributed by atoms with Crippen molar-refractivity contribution >= 4 is 11.4 Å². The first-order valence-corrected chi connectivity index (χ1v) is 12.7. The molecule has 0 saturated heterocycles. The van der Waals surface area contributed by atoms with Crippen molar-refractivity contribution in [1.29, 1.82) is 0 Å². The van der Waals surface area contributed by atoms with Crippen LogP contribution in [0.1, 0.15) is 36.1 Å². The standard InChI is InChI=1S/C32H32N4/c1-5-15-25(16-6-1)31-32(26-17-7-2-8-18-26)36-30-22-12-4-10-20-28(30)34-24-14-13-23-33-27-19-9-3-11-21-29(27)35-31/h1-12,15-22,31-32,35-36H,13-14,23-24H2/t31-,32-/m1/s1. The van der Waals surface area contributed by atoms with Crippen LogP contribution < -0.4 is 10.6 Å². The van der Waals surface area contributed by atoms with Gasteiger partial charge in [0, 0.05) is 13.1 Å². The zero-order valence-electron chi connectivity index (χ0n) is 20.4. The fourth-order valence-corrected chi connectivity index (χ4v) is 4.59. The molecule has 2 aromatic rings. The van der Waals surface area contributed by atoms with Crippen molar-refractivity contribution < 1.29 is 0 Å². The third-order valence-electron chi connectivity index (χ3n) is 6.43. The highest BCUT2D eigenvalue weighted by atomic mass is 15.1. The van der Waals surface area contributed by atoms with Gasteiger partial charge in [-0.2, -0.15) is 0 Å². The summed E-state index contributed by atoms with van der Waals surface area (Å²) >= 11 is 0. The molecular weight excluding hydrogens is 440 g/mol. The van der Waals surface area contributed by atoms with Crippen molar-refractivity contribution in [2.75, 3.05) is 13.1 Å². The second-order valence-electron chi connectivity index (χ2n) is 8.96. The first-order valence-electron chi connectivity index (χ1n) is 12.7. The molecule has 0 amide bonds. The van der Waals surface area contributed by atoms with Gasteiger partial charge in [0.25, 0.3) is 0 Å². The lowest BCUT2D eigenvalue weighted by atomic mass is 9.92. The highest BCUT2D eigenvalue weighted by Gasteiger charge is 2.28. The summed E-state index contributed by atoms with van der Waals surface area (Å²) in [6.07, 6.45) is 22.8. The maximum atomic E-state index is 4.97. The Morgan fingerprint density at radius 3 is 1.42 bits per heavy atom. The average Bonchev–Trinajstić information content (AvgIpc) is 3.29. The number of allylic oxidation sites excluding steroid dienone is 10. The summed E-state index contributed by atoms with van der Waals surface area (Å²) in [7, 11) is 0. The first kappa shape index (κ1) is 23.6. The molecule has 4 heteroatoms. The Morgan fingerprint density at radius 1 is 0.528 bits per heavy atom. The van der Waals surface area contributed by atoms with Gasteiger partial charge in [-0.1, -0.05) is 97.1 Å². The minimum Gasteiger partial charge on any atom is -0.374 e. The molecule has 0 radical (unpaired) electrons. The van der Waals surface area contributed by atoms with Crippen LogP contribution in [0.15, 0.2) is 143 Å².